The zero-order chi connectivity index (χ0) is 29.2. The van der Waals surface area contributed by atoms with Gasteiger partial charge in [-0.05, 0) is 60.5 Å². The van der Waals surface area contributed by atoms with Gasteiger partial charge in [0.25, 0.3) is 11.9 Å². The minimum atomic E-state index is -0.964. The van der Waals surface area contributed by atoms with Crippen LogP contribution in [0.3, 0.4) is 0 Å². The van der Waals surface area contributed by atoms with Gasteiger partial charge in [0.05, 0.1) is 24.2 Å². The third-order valence-corrected chi connectivity index (χ3v) is 7.26. The number of likely N-dealkylation sites (tertiary alicyclic amines) is 1. The van der Waals surface area contributed by atoms with Gasteiger partial charge in [0.15, 0.2) is 5.58 Å². The van der Waals surface area contributed by atoms with Crippen LogP contribution in [-0.2, 0) is 25.6 Å². The summed E-state index contributed by atoms with van der Waals surface area (Å²) in [6.07, 6.45) is 4.89. The Morgan fingerprint density at radius 1 is 1.10 bits per heavy atom. The number of aromatic nitrogens is 2. The lowest BCUT2D eigenvalue weighted by molar-refractivity contribution is -0.141. The van der Waals surface area contributed by atoms with Crippen LogP contribution < -0.4 is 16.1 Å². The van der Waals surface area contributed by atoms with Gasteiger partial charge < -0.3 is 25.1 Å². The molecule has 2 aliphatic heterocycles. The zero-order valence-corrected chi connectivity index (χ0v) is 22.6. The summed E-state index contributed by atoms with van der Waals surface area (Å²) in [5, 5.41) is 15.8. The number of benzene rings is 2. The Kier molecular flexibility index (Phi) is 7.28. The largest absolute Gasteiger partial charge is 0.481 e. The van der Waals surface area contributed by atoms with E-state index in [1.807, 2.05) is 12.1 Å². The standard InChI is InChI=1S/C30H28N6O6/c1-17-11-25(35-42-17)28(38)36-15-22(23(16-36)29(39)40)19-5-7-20(8-6-19)32-27(37)13-18-4-9-24-26(12-18)41-30(34-24)33-21-3-2-10-31-14-21/h2-12,14,17,22-23,35H,13,15-16H2,1H3,(H,32,37)(H,33,34)(H,39,40). The summed E-state index contributed by atoms with van der Waals surface area (Å²) < 4.78 is 5.79. The topological polar surface area (TPSA) is 159 Å². The average Bonchev–Trinajstić information content (AvgIpc) is 3.71. The van der Waals surface area contributed by atoms with Crippen LogP contribution in [0.15, 0.2) is 83.2 Å². The highest BCUT2D eigenvalue weighted by Crippen LogP contribution is 2.34. The highest BCUT2D eigenvalue weighted by molar-refractivity contribution is 5.94. The van der Waals surface area contributed by atoms with Crippen LogP contribution in [0.1, 0.15) is 24.0 Å². The van der Waals surface area contributed by atoms with E-state index in [2.05, 4.69) is 26.1 Å². The maximum Gasteiger partial charge on any atom is 0.308 e. The molecule has 0 radical (unpaired) electrons. The molecule has 2 aromatic heterocycles. The monoisotopic (exact) mass is 568 g/mol. The van der Waals surface area contributed by atoms with Crippen molar-refractivity contribution in [3.05, 3.63) is 89.9 Å². The van der Waals surface area contributed by atoms with Crippen LogP contribution in [-0.4, -0.2) is 57.0 Å². The number of rotatable bonds is 8. The van der Waals surface area contributed by atoms with E-state index in [1.54, 1.807) is 67.9 Å². The SMILES string of the molecule is CC1C=C(C(=O)N2CC(C(=O)O)C(c3ccc(NC(=O)Cc4ccc5nc(Nc6cccnc6)oc5c4)cc3)C2)NO1. The number of aliphatic carboxylic acids is 1. The third kappa shape index (κ3) is 5.79. The van der Waals surface area contributed by atoms with Crippen LogP contribution in [0.5, 0.6) is 0 Å². The first-order chi connectivity index (χ1) is 20.3. The number of hydrogen-bond acceptors (Lipinski definition) is 9. The summed E-state index contributed by atoms with van der Waals surface area (Å²) in [7, 11) is 0. The molecule has 1 saturated heterocycles. The number of carbonyl (C=O) groups excluding carboxylic acids is 2. The summed E-state index contributed by atoms with van der Waals surface area (Å²) >= 11 is 0. The van der Waals surface area contributed by atoms with Crippen molar-refractivity contribution in [2.24, 2.45) is 5.92 Å². The highest BCUT2D eigenvalue weighted by atomic mass is 16.7. The summed E-state index contributed by atoms with van der Waals surface area (Å²) in [4.78, 5) is 52.9. The minimum absolute atomic E-state index is 0.0985. The molecule has 3 atom stereocenters. The molecule has 12 heteroatoms. The number of carbonyl (C=O) groups is 3. The molecule has 2 amide bonds. The van der Waals surface area contributed by atoms with Gasteiger partial charge in [-0.2, -0.15) is 4.98 Å². The van der Waals surface area contributed by atoms with Crippen molar-refractivity contribution < 1.29 is 28.7 Å². The molecular weight excluding hydrogens is 540 g/mol. The Morgan fingerprint density at radius 3 is 2.64 bits per heavy atom. The average molecular weight is 569 g/mol. The molecule has 2 aliphatic rings. The summed E-state index contributed by atoms with van der Waals surface area (Å²) in [6, 6.07) is 16.4. The second-order valence-electron chi connectivity index (χ2n) is 10.3. The fourth-order valence-electron chi connectivity index (χ4n) is 5.20. The van der Waals surface area contributed by atoms with Crippen molar-refractivity contribution in [3.8, 4) is 0 Å². The Morgan fingerprint density at radius 2 is 1.93 bits per heavy atom. The number of fused-ring (bicyclic) bond motifs is 1. The van der Waals surface area contributed by atoms with Crippen LogP contribution in [0.2, 0.25) is 0 Å². The molecule has 214 valence electrons. The van der Waals surface area contributed by atoms with Crippen LogP contribution in [0.4, 0.5) is 17.4 Å². The molecule has 3 unspecified atom stereocenters. The van der Waals surface area contributed by atoms with Crippen molar-refractivity contribution in [1.29, 1.82) is 0 Å². The van der Waals surface area contributed by atoms with E-state index in [1.165, 1.54) is 4.90 Å². The van der Waals surface area contributed by atoms with E-state index in [9.17, 15) is 19.5 Å². The predicted octanol–water partition coefficient (Wildman–Crippen LogP) is 3.58. The molecule has 4 aromatic rings. The number of hydroxylamine groups is 1. The first-order valence-corrected chi connectivity index (χ1v) is 13.4. The predicted molar refractivity (Wildman–Crippen MR) is 153 cm³/mol. The van der Waals surface area contributed by atoms with E-state index in [0.717, 1.165) is 16.8 Å². The molecule has 4 N–H and O–H groups in total. The van der Waals surface area contributed by atoms with E-state index in [4.69, 9.17) is 9.25 Å². The fraction of sp³-hybridized carbons (Fsp3) is 0.233. The first kappa shape index (κ1) is 27.0. The van der Waals surface area contributed by atoms with Gasteiger partial charge in [-0.25, -0.2) is 0 Å². The molecule has 42 heavy (non-hydrogen) atoms. The molecule has 4 heterocycles. The van der Waals surface area contributed by atoms with Crippen LogP contribution in [0, 0.1) is 5.92 Å². The molecule has 0 bridgehead atoms. The minimum Gasteiger partial charge on any atom is -0.481 e. The molecule has 0 aliphatic carbocycles. The van der Waals surface area contributed by atoms with Crippen molar-refractivity contribution in [2.75, 3.05) is 23.7 Å². The molecule has 0 saturated carbocycles. The number of carboxylic acid groups (broad SMARTS) is 1. The van der Waals surface area contributed by atoms with Gasteiger partial charge in [-0.15, -0.1) is 0 Å². The lowest BCUT2D eigenvalue weighted by Gasteiger charge is -2.17. The van der Waals surface area contributed by atoms with Crippen molar-refractivity contribution in [3.63, 3.8) is 0 Å². The highest BCUT2D eigenvalue weighted by Gasteiger charge is 2.41. The normalized spacial score (nSPS) is 19.8. The number of carboxylic acids is 1. The summed E-state index contributed by atoms with van der Waals surface area (Å²) in [5.74, 6) is -2.61. The number of hydrogen-bond donors (Lipinski definition) is 4. The number of amides is 2. The number of oxazole rings is 1. The molecule has 0 spiro atoms. The number of nitrogens with one attached hydrogen (secondary N) is 3. The Hall–Kier alpha value is -5.23. The molecular formula is C30H28N6O6. The van der Waals surface area contributed by atoms with Crippen molar-refractivity contribution >= 4 is 46.3 Å². The fourth-order valence-corrected chi connectivity index (χ4v) is 5.20. The lowest BCUT2D eigenvalue weighted by Crippen LogP contribution is -2.34. The lowest BCUT2D eigenvalue weighted by atomic mass is 9.89. The van der Waals surface area contributed by atoms with Gasteiger partial charge in [0.2, 0.25) is 5.91 Å². The zero-order valence-electron chi connectivity index (χ0n) is 22.6. The van der Waals surface area contributed by atoms with E-state index >= 15 is 0 Å². The van der Waals surface area contributed by atoms with Crippen LogP contribution >= 0.6 is 0 Å². The van der Waals surface area contributed by atoms with Crippen LogP contribution in [0.25, 0.3) is 11.1 Å². The molecule has 6 rings (SSSR count). The van der Waals surface area contributed by atoms with E-state index in [-0.39, 0.29) is 43.3 Å². The smallest absolute Gasteiger partial charge is 0.308 e. The van der Waals surface area contributed by atoms with Gasteiger partial charge in [-0.3, -0.25) is 29.7 Å². The third-order valence-electron chi connectivity index (χ3n) is 7.26. The Bertz CT molecular complexity index is 1670. The second kappa shape index (κ2) is 11.3. The summed E-state index contributed by atoms with van der Waals surface area (Å²) in [5.41, 5.74) is 7.00. The van der Waals surface area contributed by atoms with E-state index in [0.29, 0.717) is 28.5 Å². The van der Waals surface area contributed by atoms with E-state index < -0.39 is 11.9 Å². The Labute approximate surface area is 240 Å². The maximum absolute atomic E-state index is 12.9. The first-order valence-electron chi connectivity index (χ1n) is 13.4. The van der Waals surface area contributed by atoms with Crippen molar-refractivity contribution in [1.82, 2.24) is 20.3 Å². The summed E-state index contributed by atoms with van der Waals surface area (Å²) in [6.45, 7) is 2.16. The van der Waals surface area contributed by atoms with Gasteiger partial charge in [0, 0.05) is 30.9 Å². The molecule has 1 fully saturated rings. The number of nitrogens with zero attached hydrogens (tertiary/aromatic N) is 3. The molecule has 2 aromatic carbocycles. The molecule has 12 nitrogen and oxygen atoms in total. The van der Waals surface area contributed by atoms with Crippen molar-refractivity contribution in [2.45, 2.75) is 25.4 Å². The van der Waals surface area contributed by atoms with Gasteiger partial charge in [0.1, 0.15) is 17.3 Å². The van der Waals surface area contributed by atoms with Gasteiger partial charge >= 0.3 is 5.97 Å². The maximum atomic E-state index is 12.9. The quantitative estimate of drug-likeness (QED) is 0.247. The Balaban J connectivity index is 1.08. The number of pyridine rings is 1. The second-order valence-corrected chi connectivity index (χ2v) is 10.3. The van der Waals surface area contributed by atoms with Gasteiger partial charge in [-0.1, -0.05) is 18.2 Å². The number of anilines is 3.